The van der Waals surface area contributed by atoms with E-state index in [9.17, 15) is 4.79 Å². The molecule has 0 fully saturated rings. The summed E-state index contributed by atoms with van der Waals surface area (Å²) in [6.07, 6.45) is 4.40. The molecule has 0 bridgehead atoms. The van der Waals surface area contributed by atoms with Crippen LogP contribution in [0.1, 0.15) is 38.7 Å². The van der Waals surface area contributed by atoms with E-state index in [0.29, 0.717) is 5.92 Å². The third kappa shape index (κ3) is 2.95. The second-order valence-corrected chi connectivity index (χ2v) is 4.07. The predicted molar refractivity (Wildman–Crippen MR) is 57.1 cm³/mol. The van der Waals surface area contributed by atoms with Gasteiger partial charge in [0.25, 0.3) is 0 Å². The van der Waals surface area contributed by atoms with Crippen LogP contribution in [0.3, 0.4) is 0 Å². The van der Waals surface area contributed by atoms with E-state index < -0.39 is 0 Å². The topological polar surface area (TPSA) is 30.0 Å². The molecular formula is C12H17NO. The Morgan fingerprint density at radius 1 is 1.36 bits per heavy atom. The highest BCUT2D eigenvalue weighted by Gasteiger charge is 2.17. The number of carbonyl (C=O) groups excluding carboxylic acids is 1. The van der Waals surface area contributed by atoms with Gasteiger partial charge in [-0.1, -0.05) is 13.8 Å². The second kappa shape index (κ2) is 4.89. The van der Waals surface area contributed by atoms with E-state index in [4.69, 9.17) is 0 Å². The molecule has 14 heavy (non-hydrogen) atoms. The maximum atomic E-state index is 11.5. The van der Waals surface area contributed by atoms with Crippen LogP contribution in [-0.2, 0) is 4.79 Å². The van der Waals surface area contributed by atoms with Gasteiger partial charge >= 0.3 is 0 Å². The molecule has 1 unspecified atom stereocenters. The van der Waals surface area contributed by atoms with Crippen molar-refractivity contribution in [3.05, 3.63) is 30.1 Å². The van der Waals surface area contributed by atoms with E-state index in [1.165, 1.54) is 0 Å². The molecule has 1 rings (SSSR count). The van der Waals surface area contributed by atoms with Crippen molar-refractivity contribution in [3.8, 4) is 0 Å². The number of hydrogen-bond acceptors (Lipinski definition) is 2. The number of ketones is 1. The van der Waals surface area contributed by atoms with Crippen molar-refractivity contribution in [1.29, 1.82) is 0 Å². The summed E-state index contributed by atoms with van der Waals surface area (Å²) in [6, 6.07) is 3.85. The van der Waals surface area contributed by atoms with Gasteiger partial charge in [0.2, 0.25) is 0 Å². The number of Topliss-reactive ketones (excluding diaryl/α,β-unsaturated/α-hetero) is 1. The average molecular weight is 191 g/mol. The molecule has 1 aromatic heterocycles. The largest absolute Gasteiger partial charge is 0.299 e. The molecule has 0 amide bonds. The number of nitrogens with zero attached hydrogens (tertiary/aromatic N) is 1. The lowest BCUT2D eigenvalue weighted by molar-refractivity contribution is -0.118. The lowest BCUT2D eigenvalue weighted by Crippen LogP contribution is -2.11. The zero-order valence-electron chi connectivity index (χ0n) is 9.03. The Balaban J connectivity index is 2.84. The first kappa shape index (κ1) is 10.9. The van der Waals surface area contributed by atoms with Gasteiger partial charge in [-0.3, -0.25) is 9.78 Å². The van der Waals surface area contributed by atoms with Gasteiger partial charge in [-0.2, -0.15) is 0 Å². The van der Waals surface area contributed by atoms with Crippen LogP contribution < -0.4 is 0 Å². The molecular weight excluding hydrogens is 174 g/mol. The Bertz CT molecular complexity index is 292. The van der Waals surface area contributed by atoms with Gasteiger partial charge in [0.1, 0.15) is 5.78 Å². The maximum Gasteiger partial charge on any atom is 0.137 e. The van der Waals surface area contributed by atoms with Gasteiger partial charge in [-0.05, 0) is 37.0 Å². The third-order valence-corrected chi connectivity index (χ3v) is 2.31. The molecule has 0 saturated heterocycles. The van der Waals surface area contributed by atoms with Crippen LogP contribution in [0.2, 0.25) is 0 Å². The van der Waals surface area contributed by atoms with Crippen LogP contribution in [0.5, 0.6) is 0 Å². The molecule has 0 N–H and O–H groups in total. The lowest BCUT2D eigenvalue weighted by Gasteiger charge is -2.15. The number of hydrogen-bond donors (Lipinski definition) is 0. The van der Waals surface area contributed by atoms with Crippen LogP contribution in [0, 0.1) is 5.92 Å². The molecule has 2 nitrogen and oxygen atoms in total. The number of rotatable bonds is 4. The van der Waals surface area contributed by atoms with Gasteiger partial charge in [-0.15, -0.1) is 0 Å². The first-order valence-corrected chi connectivity index (χ1v) is 5.01. The SMILES string of the molecule is CC(=O)C(CC(C)C)c1ccncc1. The van der Waals surface area contributed by atoms with Crippen molar-refractivity contribution in [1.82, 2.24) is 4.98 Å². The van der Waals surface area contributed by atoms with Crippen LogP contribution in [0.4, 0.5) is 0 Å². The van der Waals surface area contributed by atoms with Crippen molar-refractivity contribution < 1.29 is 4.79 Å². The highest BCUT2D eigenvalue weighted by molar-refractivity contribution is 5.83. The van der Waals surface area contributed by atoms with E-state index in [0.717, 1.165) is 12.0 Å². The molecule has 0 saturated carbocycles. The maximum absolute atomic E-state index is 11.5. The molecule has 1 aromatic rings. The van der Waals surface area contributed by atoms with E-state index in [1.807, 2.05) is 12.1 Å². The van der Waals surface area contributed by atoms with Gasteiger partial charge in [0, 0.05) is 18.3 Å². The summed E-state index contributed by atoms with van der Waals surface area (Å²) >= 11 is 0. The van der Waals surface area contributed by atoms with E-state index >= 15 is 0 Å². The summed E-state index contributed by atoms with van der Waals surface area (Å²) in [5.41, 5.74) is 1.08. The fourth-order valence-electron chi connectivity index (χ4n) is 1.60. The van der Waals surface area contributed by atoms with Crippen LogP contribution >= 0.6 is 0 Å². The van der Waals surface area contributed by atoms with Crippen LogP contribution in [0.15, 0.2) is 24.5 Å². The Kier molecular flexibility index (Phi) is 3.81. The van der Waals surface area contributed by atoms with Crippen molar-refractivity contribution in [2.24, 2.45) is 5.92 Å². The Morgan fingerprint density at radius 2 is 1.93 bits per heavy atom. The highest BCUT2D eigenvalue weighted by atomic mass is 16.1. The number of pyridine rings is 1. The Hall–Kier alpha value is -1.18. The standard InChI is InChI=1S/C12H17NO/c1-9(2)8-12(10(3)14)11-4-6-13-7-5-11/h4-7,9,12H,8H2,1-3H3. The summed E-state index contributed by atoms with van der Waals surface area (Å²) in [4.78, 5) is 15.4. The Labute approximate surface area is 85.4 Å². The molecule has 76 valence electrons. The average Bonchev–Trinajstić information content (AvgIpc) is 2.15. The summed E-state index contributed by atoms with van der Waals surface area (Å²) in [5, 5.41) is 0. The minimum Gasteiger partial charge on any atom is -0.299 e. The van der Waals surface area contributed by atoms with Crippen LogP contribution in [-0.4, -0.2) is 10.8 Å². The second-order valence-electron chi connectivity index (χ2n) is 4.07. The van der Waals surface area contributed by atoms with Crippen molar-refractivity contribution in [2.45, 2.75) is 33.1 Å². The molecule has 0 radical (unpaired) electrons. The van der Waals surface area contributed by atoms with Gasteiger partial charge in [-0.25, -0.2) is 0 Å². The van der Waals surface area contributed by atoms with Crippen LogP contribution in [0.25, 0.3) is 0 Å². The Morgan fingerprint density at radius 3 is 2.36 bits per heavy atom. The van der Waals surface area contributed by atoms with E-state index in [1.54, 1.807) is 19.3 Å². The molecule has 1 atom stereocenters. The first-order valence-electron chi connectivity index (χ1n) is 5.01. The summed E-state index contributed by atoms with van der Waals surface area (Å²) in [5.74, 6) is 0.819. The quantitative estimate of drug-likeness (QED) is 0.732. The third-order valence-electron chi connectivity index (χ3n) is 2.31. The lowest BCUT2D eigenvalue weighted by atomic mass is 9.88. The normalized spacial score (nSPS) is 12.9. The monoisotopic (exact) mass is 191 g/mol. The first-order chi connectivity index (χ1) is 6.61. The molecule has 0 aliphatic carbocycles. The van der Waals surface area contributed by atoms with Gasteiger partial charge in [0.05, 0.1) is 0 Å². The molecule has 0 aromatic carbocycles. The zero-order chi connectivity index (χ0) is 10.6. The van der Waals surface area contributed by atoms with E-state index in [-0.39, 0.29) is 11.7 Å². The number of aromatic nitrogens is 1. The van der Waals surface area contributed by atoms with Crippen molar-refractivity contribution in [3.63, 3.8) is 0 Å². The molecule has 0 aliphatic heterocycles. The highest BCUT2D eigenvalue weighted by Crippen LogP contribution is 2.23. The smallest absolute Gasteiger partial charge is 0.137 e. The molecule has 2 heteroatoms. The summed E-state index contributed by atoms with van der Waals surface area (Å²) in [6.45, 7) is 5.93. The minimum atomic E-state index is 0.0398. The van der Waals surface area contributed by atoms with Gasteiger partial charge < -0.3 is 0 Å². The zero-order valence-corrected chi connectivity index (χ0v) is 9.03. The molecule has 1 heterocycles. The number of carbonyl (C=O) groups is 1. The van der Waals surface area contributed by atoms with Crippen molar-refractivity contribution in [2.75, 3.05) is 0 Å². The summed E-state index contributed by atoms with van der Waals surface area (Å²) < 4.78 is 0. The molecule has 0 aliphatic rings. The van der Waals surface area contributed by atoms with Gasteiger partial charge in [0.15, 0.2) is 0 Å². The van der Waals surface area contributed by atoms with E-state index in [2.05, 4.69) is 18.8 Å². The minimum absolute atomic E-state index is 0.0398. The predicted octanol–water partition coefficient (Wildman–Crippen LogP) is 2.80. The summed E-state index contributed by atoms with van der Waals surface area (Å²) in [7, 11) is 0. The van der Waals surface area contributed by atoms with Crippen molar-refractivity contribution >= 4 is 5.78 Å². The fourth-order valence-corrected chi connectivity index (χ4v) is 1.60. The molecule has 0 spiro atoms. The fraction of sp³-hybridized carbons (Fsp3) is 0.500.